The quantitative estimate of drug-likeness (QED) is 0.134. The molecule has 0 saturated carbocycles. The first kappa shape index (κ1) is 25.1. The molecule has 0 radical (unpaired) electrons. The van der Waals surface area contributed by atoms with Crippen LogP contribution in [0.4, 0.5) is 10.1 Å². The molecule has 2 N–H and O–H groups in total. The maximum Gasteiger partial charge on any atom is 0.269 e. The van der Waals surface area contributed by atoms with Gasteiger partial charge >= 0.3 is 0 Å². The molecule has 170 valence electrons. The van der Waals surface area contributed by atoms with Gasteiger partial charge in [0.05, 0.1) is 37.4 Å². The molecule has 0 saturated heterocycles. The number of hydrogen-bond acceptors (Lipinski definition) is 5. The van der Waals surface area contributed by atoms with E-state index in [1.165, 1.54) is 25.3 Å². The van der Waals surface area contributed by atoms with E-state index < -0.39 is 10.7 Å². The number of hydrogen-bond donors (Lipinski definition) is 2. The van der Waals surface area contributed by atoms with Crippen LogP contribution in [-0.2, 0) is 13.1 Å². The highest BCUT2D eigenvalue weighted by atomic mass is 127. The van der Waals surface area contributed by atoms with Gasteiger partial charge in [-0.3, -0.25) is 10.1 Å². The number of nitrogens with one attached hydrogen (secondary N) is 2. The lowest BCUT2D eigenvalue weighted by Gasteiger charge is -2.19. The summed E-state index contributed by atoms with van der Waals surface area (Å²) < 4.78 is 24.4. The Hall–Kier alpha value is -3.15. The van der Waals surface area contributed by atoms with Crippen LogP contribution >= 0.6 is 24.0 Å². The van der Waals surface area contributed by atoms with Crippen molar-refractivity contribution in [3.63, 3.8) is 0 Å². The number of benzene rings is 2. The SMILES string of the molecule is COc1ccc(C(C)NC(=NCc2ccc([N+](=O)[O-])cc2)NCc2ccco2)cc1F.I. The van der Waals surface area contributed by atoms with Crippen molar-refractivity contribution >= 4 is 35.6 Å². The number of rotatable bonds is 8. The van der Waals surface area contributed by atoms with E-state index in [4.69, 9.17) is 9.15 Å². The van der Waals surface area contributed by atoms with Gasteiger partial charge in [0.1, 0.15) is 5.76 Å². The third kappa shape index (κ3) is 6.94. The van der Waals surface area contributed by atoms with Gasteiger partial charge in [-0.05, 0) is 42.3 Å². The van der Waals surface area contributed by atoms with Crippen LogP contribution in [0.15, 0.2) is 70.3 Å². The van der Waals surface area contributed by atoms with Gasteiger partial charge in [0, 0.05) is 12.1 Å². The Kier molecular flexibility index (Phi) is 9.44. The van der Waals surface area contributed by atoms with Crippen molar-refractivity contribution in [1.29, 1.82) is 0 Å². The third-order valence-electron chi connectivity index (χ3n) is 4.61. The van der Waals surface area contributed by atoms with Crippen LogP contribution in [0.3, 0.4) is 0 Å². The van der Waals surface area contributed by atoms with E-state index in [0.29, 0.717) is 19.0 Å². The summed E-state index contributed by atoms with van der Waals surface area (Å²) in [5, 5.41) is 17.2. The van der Waals surface area contributed by atoms with Crippen molar-refractivity contribution in [2.75, 3.05) is 7.11 Å². The summed E-state index contributed by atoms with van der Waals surface area (Å²) in [6.07, 6.45) is 1.58. The molecular weight excluding hydrogens is 530 g/mol. The zero-order chi connectivity index (χ0) is 22.2. The predicted molar refractivity (Wildman–Crippen MR) is 130 cm³/mol. The molecule has 8 nitrogen and oxygen atoms in total. The zero-order valence-corrected chi connectivity index (χ0v) is 19.9. The molecule has 3 aromatic rings. The Morgan fingerprint density at radius 2 is 2.00 bits per heavy atom. The van der Waals surface area contributed by atoms with E-state index in [-0.39, 0.29) is 41.5 Å². The number of furan rings is 1. The fraction of sp³-hybridized carbons (Fsp3) is 0.227. The molecule has 0 aliphatic heterocycles. The number of halogens is 2. The number of nitro benzene ring substituents is 1. The zero-order valence-electron chi connectivity index (χ0n) is 17.6. The van der Waals surface area contributed by atoms with Crippen molar-refractivity contribution in [3.05, 3.63) is 93.7 Å². The van der Waals surface area contributed by atoms with Crippen LogP contribution in [0.5, 0.6) is 5.75 Å². The van der Waals surface area contributed by atoms with Gasteiger partial charge in [0.25, 0.3) is 5.69 Å². The molecule has 32 heavy (non-hydrogen) atoms. The highest BCUT2D eigenvalue weighted by Crippen LogP contribution is 2.21. The normalized spacial score (nSPS) is 11.9. The predicted octanol–water partition coefficient (Wildman–Crippen LogP) is 4.95. The Balaban J connectivity index is 0.00000363. The molecule has 1 atom stereocenters. The average molecular weight is 554 g/mol. The lowest BCUT2D eigenvalue weighted by molar-refractivity contribution is -0.384. The molecule has 1 heterocycles. The second kappa shape index (κ2) is 12.0. The molecule has 0 bridgehead atoms. The van der Waals surface area contributed by atoms with E-state index in [9.17, 15) is 14.5 Å². The number of methoxy groups -OCH3 is 1. The highest BCUT2D eigenvalue weighted by molar-refractivity contribution is 14.0. The minimum Gasteiger partial charge on any atom is -0.494 e. The van der Waals surface area contributed by atoms with Crippen molar-refractivity contribution in [1.82, 2.24) is 10.6 Å². The number of guanidine groups is 1. The van der Waals surface area contributed by atoms with E-state index in [0.717, 1.165) is 16.9 Å². The van der Waals surface area contributed by atoms with Crippen molar-refractivity contribution in [2.45, 2.75) is 26.1 Å². The first-order valence-electron chi connectivity index (χ1n) is 9.60. The van der Waals surface area contributed by atoms with E-state index in [1.54, 1.807) is 36.6 Å². The Labute approximate surface area is 202 Å². The number of nitro groups is 1. The first-order chi connectivity index (χ1) is 15.0. The van der Waals surface area contributed by atoms with Gasteiger partial charge in [-0.15, -0.1) is 24.0 Å². The van der Waals surface area contributed by atoms with Crippen molar-refractivity contribution in [3.8, 4) is 5.75 Å². The number of nitrogens with zero attached hydrogens (tertiary/aromatic N) is 2. The Morgan fingerprint density at radius 1 is 1.25 bits per heavy atom. The molecule has 0 aliphatic carbocycles. The molecule has 0 amide bonds. The fourth-order valence-corrected chi connectivity index (χ4v) is 2.87. The summed E-state index contributed by atoms with van der Waals surface area (Å²) in [5.41, 5.74) is 1.56. The fourth-order valence-electron chi connectivity index (χ4n) is 2.87. The summed E-state index contributed by atoms with van der Waals surface area (Å²) in [5.74, 6) is 0.951. The van der Waals surface area contributed by atoms with Gasteiger partial charge in [-0.2, -0.15) is 0 Å². The van der Waals surface area contributed by atoms with Gasteiger partial charge in [-0.25, -0.2) is 9.38 Å². The van der Waals surface area contributed by atoms with Crippen LogP contribution in [0.2, 0.25) is 0 Å². The summed E-state index contributed by atoms with van der Waals surface area (Å²) in [4.78, 5) is 14.9. The first-order valence-corrected chi connectivity index (χ1v) is 9.60. The van der Waals surface area contributed by atoms with Gasteiger partial charge < -0.3 is 19.8 Å². The lowest BCUT2D eigenvalue weighted by Crippen LogP contribution is -2.38. The van der Waals surface area contributed by atoms with E-state index in [1.807, 2.05) is 13.0 Å². The minimum atomic E-state index is -0.444. The molecule has 0 aliphatic rings. The molecule has 0 spiro atoms. The second-order valence-corrected chi connectivity index (χ2v) is 6.78. The largest absolute Gasteiger partial charge is 0.494 e. The molecule has 10 heteroatoms. The molecule has 2 aromatic carbocycles. The summed E-state index contributed by atoms with van der Waals surface area (Å²) in [6.45, 7) is 2.59. The Bertz CT molecular complexity index is 1040. The number of non-ortho nitro benzene ring substituents is 1. The van der Waals surface area contributed by atoms with E-state index >= 15 is 0 Å². The maximum atomic E-state index is 14.1. The van der Waals surface area contributed by atoms with Crippen LogP contribution in [0.25, 0.3) is 0 Å². The van der Waals surface area contributed by atoms with Gasteiger partial charge in [0.15, 0.2) is 17.5 Å². The highest BCUT2D eigenvalue weighted by Gasteiger charge is 2.12. The molecule has 1 aromatic heterocycles. The van der Waals surface area contributed by atoms with Gasteiger partial charge in [-0.1, -0.05) is 18.2 Å². The van der Waals surface area contributed by atoms with Gasteiger partial charge in [0.2, 0.25) is 0 Å². The molecular formula is C22H24FIN4O4. The average Bonchev–Trinajstić information content (AvgIpc) is 3.29. The number of ether oxygens (including phenoxy) is 1. The van der Waals surface area contributed by atoms with Crippen LogP contribution in [0, 0.1) is 15.9 Å². The van der Waals surface area contributed by atoms with Crippen molar-refractivity contribution in [2.24, 2.45) is 4.99 Å². The van der Waals surface area contributed by atoms with Crippen LogP contribution in [-0.4, -0.2) is 18.0 Å². The van der Waals surface area contributed by atoms with Crippen LogP contribution < -0.4 is 15.4 Å². The second-order valence-electron chi connectivity index (χ2n) is 6.78. The topological polar surface area (TPSA) is 102 Å². The standard InChI is InChI=1S/C22H23FN4O4.HI/c1-15(17-7-10-21(30-2)20(23)12-17)26-22(25-14-19-4-3-11-31-19)24-13-16-5-8-18(9-6-16)27(28)29;/h3-12,15H,13-14H2,1-2H3,(H2,24,25,26);1H. The monoisotopic (exact) mass is 554 g/mol. The Morgan fingerprint density at radius 3 is 2.59 bits per heavy atom. The molecule has 0 fully saturated rings. The van der Waals surface area contributed by atoms with E-state index in [2.05, 4.69) is 15.6 Å². The summed E-state index contributed by atoms with van der Waals surface area (Å²) in [7, 11) is 1.42. The molecule has 3 rings (SSSR count). The summed E-state index contributed by atoms with van der Waals surface area (Å²) in [6, 6.07) is 14.4. The smallest absolute Gasteiger partial charge is 0.269 e. The minimum absolute atomic E-state index is 0. The molecule has 1 unspecified atom stereocenters. The maximum absolute atomic E-state index is 14.1. The third-order valence-corrected chi connectivity index (χ3v) is 4.61. The number of aliphatic imine (C=N–C) groups is 1. The summed E-state index contributed by atoms with van der Waals surface area (Å²) >= 11 is 0. The van der Waals surface area contributed by atoms with Crippen LogP contribution in [0.1, 0.15) is 29.9 Å². The lowest BCUT2D eigenvalue weighted by atomic mass is 10.1. The van der Waals surface area contributed by atoms with Crippen molar-refractivity contribution < 1.29 is 18.5 Å².